The molecule has 4 heteroatoms. The van der Waals surface area contributed by atoms with E-state index in [0.717, 1.165) is 31.4 Å². The molecule has 0 fully saturated rings. The molecule has 2 aromatic carbocycles. The monoisotopic (exact) mass is 346 g/mol. The van der Waals surface area contributed by atoms with Crippen LogP contribution in [-0.4, -0.2) is 19.1 Å². The molecule has 2 rings (SSSR count). The molecular weight excluding hydrogens is 319 g/mol. The van der Waals surface area contributed by atoms with Crippen molar-refractivity contribution in [3.8, 4) is 5.75 Å². The van der Waals surface area contributed by atoms with E-state index in [1.807, 2.05) is 48.5 Å². The Hall–Kier alpha value is -1.57. The molecule has 0 radical (unpaired) electrons. The third-order valence-electron chi connectivity index (χ3n) is 3.80. The Bertz CT molecular complexity index is 613. The first-order valence-electron chi connectivity index (χ1n) is 8.66. The molecule has 24 heavy (non-hydrogen) atoms. The smallest absolute Gasteiger partial charge is 0.239 e. The van der Waals surface area contributed by atoms with E-state index in [0.29, 0.717) is 12.8 Å². The van der Waals surface area contributed by atoms with Crippen LogP contribution in [0.5, 0.6) is 5.75 Å². The normalized spacial score (nSPS) is 13.4. The summed E-state index contributed by atoms with van der Waals surface area (Å²) in [4.78, 5) is 0. The van der Waals surface area contributed by atoms with Gasteiger partial charge >= 0.3 is 0 Å². The summed E-state index contributed by atoms with van der Waals surface area (Å²) in [6, 6.07) is 19.8. The Morgan fingerprint density at radius 3 is 2.25 bits per heavy atom. The minimum Gasteiger partial charge on any atom is -0.484 e. The van der Waals surface area contributed by atoms with Crippen molar-refractivity contribution in [2.45, 2.75) is 32.6 Å². The first-order chi connectivity index (χ1) is 11.7. The zero-order valence-electron chi connectivity index (χ0n) is 14.4. The van der Waals surface area contributed by atoms with Gasteiger partial charge in [0.25, 0.3) is 0 Å². The molecule has 0 amide bonds. The highest BCUT2D eigenvalue weighted by Gasteiger charge is 2.24. The lowest BCUT2D eigenvalue weighted by molar-refractivity contribution is 0.276. The number of hydrogen-bond acceptors (Lipinski definition) is 3. The first-order valence-corrected chi connectivity index (χ1v) is 10.7. The van der Waals surface area contributed by atoms with Crippen LogP contribution in [0.3, 0.4) is 0 Å². The predicted molar refractivity (Wildman–Crippen MR) is 100 cm³/mol. The van der Waals surface area contributed by atoms with Crippen molar-refractivity contribution in [3.63, 3.8) is 0 Å². The predicted octanol–water partition coefficient (Wildman–Crippen LogP) is 5.75. The summed E-state index contributed by atoms with van der Waals surface area (Å²) in [5, 5.41) is 0. The zero-order chi connectivity index (χ0) is 17.1. The lowest BCUT2D eigenvalue weighted by atomic mass is 10.1. The fraction of sp³-hybridized carbons (Fsp3) is 0.400. The van der Waals surface area contributed by atoms with Crippen LogP contribution in [0.1, 0.15) is 31.7 Å². The summed E-state index contributed by atoms with van der Waals surface area (Å²) in [5.41, 5.74) is 1.27. The summed E-state index contributed by atoms with van der Waals surface area (Å²) >= 11 is 0. The molecule has 3 nitrogen and oxygen atoms in total. The largest absolute Gasteiger partial charge is 0.484 e. The van der Waals surface area contributed by atoms with Gasteiger partial charge in [0.1, 0.15) is 5.75 Å². The maximum atomic E-state index is 13.1. The van der Waals surface area contributed by atoms with Gasteiger partial charge in [0.05, 0.1) is 6.61 Å². The summed E-state index contributed by atoms with van der Waals surface area (Å²) in [7, 11) is -2.77. The minimum absolute atomic E-state index is 0.148. The van der Waals surface area contributed by atoms with Crippen molar-refractivity contribution >= 4 is 7.37 Å². The van der Waals surface area contributed by atoms with Gasteiger partial charge in [-0.3, -0.25) is 4.57 Å². The van der Waals surface area contributed by atoms with Crippen LogP contribution in [0, 0.1) is 0 Å². The van der Waals surface area contributed by atoms with Crippen LogP contribution >= 0.6 is 7.37 Å². The lowest BCUT2D eigenvalue weighted by Crippen LogP contribution is -2.07. The van der Waals surface area contributed by atoms with Gasteiger partial charge < -0.3 is 9.26 Å². The average Bonchev–Trinajstić information content (AvgIpc) is 2.62. The molecule has 0 bridgehead atoms. The molecule has 0 aromatic heterocycles. The summed E-state index contributed by atoms with van der Waals surface area (Å²) in [6.45, 7) is 2.64. The van der Waals surface area contributed by atoms with Crippen LogP contribution in [0.2, 0.25) is 0 Å². The second kappa shape index (κ2) is 10.3. The highest BCUT2D eigenvalue weighted by atomic mass is 31.2. The van der Waals surface area contributed by atoms with E-state index < -0.39 is 7.37 Å². The van der Waals surface area contributed by atoms with E-state index in [2.05, 4.69) is 19.1 Å². The van der Waals surface area contributed by atoms with Gasteiger partial charge in [-0.05, 0) is 37.0 Å². The van der Waals surface area contributed by atoms with Gasteiger partial charge in [0.15, 0.2) is 6.35 Å². The molecule has 1 unspecified atom stereocenters. The van der Waals surface area contributed by atoms with Crippen LogP contribution in [-0.2, 0) is 15.5 Å². The van der Waals surface area contributed by atoms with Crippen LogP contribution in [0.4, 0.5) is 0 Å². The Morgan fingerprint density at radius 2 is 1.58 bits per heavy atom. The number of benzene rings is 2. The molecule has 0 spiro atoms. The molecular formula is C20H27O3P. The van der Waals surface area contributed by atoms with Crippen molar-refractivity contribution in [1.29, 1.82) is 0 Å². The Morgan fingerprint density at radius 1 is 0.917 bits per heavy atom. The molecule has 0 aliphatic heterocycles. The molecule has 0 N–H and O–H groups in total. The second-order valence-electron chi connectivity index (χ2n) is 5.90. The molecule has 130 valence electrons. The molecule has 0 saturated carbocycles. The highest BCUT2D eigenvalue weighted by molar-refractivity contribution is 7.58. The van der Waals surface area contributed by atoms with Crippen LogP contribution < -0.4 is 4.74 Å². The molecule has 0 aliphatic carbocycles. The van der Waals surface area contributed by atoms with Crippen LogP contribution in [0.15, 0.2) is 60.7 Å². The van der Waals surface area contributed by atoms with Crippen molar-refractivity contribution in [1.82, 2.24) is 0 Å². The lowest BCUT2D eigenvalue weighted by Gasteiger charge is -2.19. The van der Waals surface area contributed by atoms with E-state index in [9.17, 15) is 4.57 Å². The minimum atomic E-state index is -2.77. The highest BCUT2D eigenvalue weighted by Crippen LogP contribution is 2.47. The maximum absolute atomic E-state index is 13.1. The third kappa shape index (κ3) is 6.90. The van der Waals surface area contributed by atoms with E-state index in [1.54, 1.807) is 0 Å². The van der Waals surface area contributed by atoms with Gasteiger partial charge in [0.2, 0.25) is 7.37 Å². The van der Waals surface area contributed by atoms with E-state index in [-0.39, 0.29) is 6.35 Å². The Kier molecular flexibility index (Phi) is 8.07. The number of rotatable bonds is 11. The van der Waals surface area contributed by atoms with Crippen molar-refractivity contribution in [2.75, 3.05) is 19.1 Å². The van der Waals surface area contributed by atoms with Gasteiger partial charge in [-0.1, -0.05) is 61.9 Å². The maximum Gasteiger partial charge on any atom is 0.239 e. The fourth-order valence-electron chi connectivity index (χ4n) is 2.40. The molecule has 0 heterocycles. The van der Waals surface area contributed by atoms with E-state index in [4.69, 9.17) is 9.26 Å². The summed E-state index contributed by atoms with van der Waals surface area (Å²) in [5.74, 6) is 0.736. The topological polar surface area (TPSA) is 35.5 Å². The zero-order valence-corrected chi connectivity index (χ0v) is 15.3. The van der Waals surface area contributed by atoms with Crippen molar-refractivity contribution < 1.29 is 13.8 Å². The Balaban J connectivity index is 1.88. The quantitative estimate of drug-likeness (QED) is 0.384. The number of aryl methyl sites for hydroxylation is 1. The van der Waals surface area contributed by atoms with Crippen LogP contribution in [0.25, 0.3) is 0 Å². The standard InChI is InChI=1S/C20H27O3P/c1-2-3-16-23-24(21,18-22-20-14-8-5-9-15-20)17-10-13-19-11-6-4-7-12-19/h4-9,11-12,14-15H,2-3,10,13,16-18H2,1H3. The molecule has 2 aromatic rings. The number of ether oxygens (including phenoxy) is 1. The van der Waals surface area contributed by atoms with Gasteiger partial charge in [-0.2, -0.15) is 0 Å². The number of hydrogen-bond donors (Lipinski definition) is 0. The third-order valence-corrected chi connectivity index (χ3v) is 5.98. The van der Waals surface area contributed by atoms with Gasteiger partial charge in [-0.25, -0.2) is 0 Å². The number of unbranched alkanes of at least 4 members (excludes halogenated alkanes) is 1. The second-order valence-corrected chi connectivity index (χ2v) is 8.49. The molecule has 0 saturated heterocycles. The molecule has 0 aliphatic rings. The summed E-state index contributed by atoms with van der Waals surface area (Å²) < 4.78 is 24.6. The van der Waals surface area contributed by atoms with E-state index >= 15 is 0 Å². The van der Waals surface area contributed by atoms with Gasteiger partial charge in [0, 0.05) is 6.16 Å². The average molecular weight is 346 g/mol. The van der Waals surface area contributed by atoms with Gasteiger partial charge in [-0.15, -0.1) is 0 Å². The summed E-state index contributed by atoms with van der Waals surface area (Å²) in [6.07, 6.45) is 4.41. The van der Waals surface area contributed by atoms with E-state index in [1.165, 1.54) is 5.56 Å². The first kappa shape index (κ1) is 18.8. The van der Waals surface area contributed by atoms with Crippen molar-refractivity contribution in [2.24, 2.45) is 0 Å². The SMILES string of the molecule is CCCCOP(=O)(CCCc1ccccc1)COc1ccccc1. The number of para-hydroxylation sites is 1. The van der Waals surface area contributed by atoms with Crippen molar-refractivity contribution in [3.05, 3.63) is 66.2 Å². The molecule has 1 atom stereocenters. The Labute approximate surface area is 145 Å². The fourth-order valence-corrected chi connectivity index (χ4v) is 4.18.